The molecule has 33 heavy (non-hydrogen) atoms. The summed E-state index contributed by atoms with van der Waals surface area (Å²) in [6.07, 6.45) is 4.21. The highest BCUT2D eigenvalue weighted by molar-refractivity contribution is 5.80. The molecule has 2 aliphatic heterocycles. The van der Waals surface area contributed by atoms with E-state index in [4.69, 9.17) is 13.9 Å². The molecule has 1 fully saturated rings. The Balaban J connectivity index is 1.28. The molecule has 0 unspecified atom stereocenters. The number of furan rings is 1. The molecule has 1 saturated heterocycles. The molecule has 0 saturated carbocycles. The highest BCUT2D eigenvalue weighted by Gasteiger charge is 2.38. The predicted octanol–water partition coefficient (Wildman–Crippen LogP) is 3.89. The highest BCUT2D eigenvalue weighted by atomic mass is 16.7. The van der Waals surface area contributed by atoms with E-state index in [-0.39, 0.29) is 31.1 Å². The Hall–Kier alpha value is -3.74. The summed E-state index contributed by atoms with van der Waals surface area (Å²) in [5, 5.41) is 6.25. The molecule has 5 rings (SSSR count). The number of hydrogen-bond donors (Lipinski definition) is 2. The van der Waals surface area contributed by atoms with Gasteiger partial charge in [0.2, 0.25) is 18.6 Å². The Morgan fingerprint density at radius 1 is 1.06 bits per heavy atom. The van der Waals surface area contributed by atoms with E-state index in [9.17, 15) is 9.59 Å². The molecule has 2 aromatic carbocycles. The molecule has 0 aliphatic carbocycles. The highest BCUT2D eigenvalue weighted by Crippen LogP contribution is 2.36. The van der Waals surface area contributed by atoms with Crippen LogP contribution < -0.4 is 20.1 Å². The normalized spacial score (nSPS) is 19.8. The summed E-state index contributed by atoms with van der Waals surface area (Å²) in [5.41, 5.74) is 1.53. The summed E-state index contributed by atoms with van der Waals surface area (Å²) < 4.78 is 16.5. The Morgan fingerprint density at radius 2 is 1.91 bits per heavy atom. The molecule has 0 spiro atoms. The van der Waals surface area contributed by atoms with Gasteiger partial charge in [-0.1, -0.05) is 36.4 Å². The fraction of sp³-hybridized carbons (Fsp3) is 0.308. The largest absolute Gasteiger partial charge is 0.467 e. The van der Waals surface area contributed by atoms with Crippen molar-refractivity contribution in [1.29, 1.82) is 0 Å². The second kappa shape index (κ2) is 9.02. The van der Waals surface area contributed by atoms with Gasteiger partial charge in [0, 0.05) is 18.4 Å². The lowest BCUT2D eigenvalue weighted by Crippen LogP contribution is -2.44. The van der Waals surface area contributed by atoms with Crippen molar-refractivity contribution in [2.24, 2.45) is 0 Å². The minimum Gasteiger partial charge on any atom is -0.467 e. The summed E-state index contributed by atoms with van der Waals surface area (Å²) in [7, 11) is 0. The standard InChI is InChI=1S/C26H26N2O5/c29-23(27-25(21-7-4-14-31-21)19-5-2-1-3-6-19)10-12-26(13-11-24(30)28-26)16-18-8-9-20-22(15-18)33-17-32-20/h1-9,14-15,25H,10-13,16-17H2,(H,27,29)(H,28,30)/t25-,26-/m0/s1. The van der Waals surface area contributed by atoms with Crippen LogP contribution in [0.4, 0.5) is 0 Å². The molecular formula is C26H26N2O5. The molecule has 0 bridgehead atoms. The van der Waals surface area contributed by atoms with E-state index in [2.05, 4.69) is 10.6 Å². The van der Waals surface area contributed by atoms with Crippen molar-refractivity contribution >= 4 is 11.8 Å². The number of hydrogen-bond acceptors (Lipinski definition) is 5. The third kappa shape index (κ3) is 4.72. The van der Waals surface area contributed by atoms with Gasteiger partial charge < -0.3 is 24.5 Å². The topological polar surface area (TPSA) is 89.8 Å². The number of amides is 2. The molecule has 7 heteroatoms. The van der Waals surface area contributed by atoms with Gasteiger partial charge >= 0.3 is 0 Å². The second-order valence-electron chi connectivity index (χ2n) is 8.62. The van der Waals surface area contributed by atoms with Gasteiger partial charge in [0.25, 0.3) is 0 Å². The first-order valence-corrected chi connectivity index (χ1v) is 11.2. The van der Waals surface area contributed by atoms with Crippen LogP contribution in [-0.2, 0) is 16.0 Å². The van der Waals surface area contributed by atoms with E-state index in [0.29, 0.717) is 37.2 Å². The number of nitrogens with one attached hydrogen (secondary N) is 2. The van der Waals surface area contributed by atoms with Crippen LogP contribution in [0.15, 0.2) is 71.3 Å². The molecule has 170 valence electrons. The molecule has 7 nitrogen and oxygen atoms in total. The van der Waals surface area contributed by atoms with Gasteiger partial charge in [0.15, 0.2) is 11.5 Å². The van der Waals surface area contributed by atoms with Gasteiger partial charge in [-0.25, -0.2) is 0 Å². The van der Waals surface area contributed by atoms with Crippen LogP contribution >= 0.6 is 0 Å². The van der Waals surface area contributed by atoms with Crippen LogP contribution in [0, 0.1) is 0 Å². The average Bonchev–Trinajstić information content (AvgIpc) is 3.58. The van der Waals surface area contributed by atoms with Crippen molar-refractivity contribution in [2.75, 3.05) is 6.79 Å². The van der Waals surface area contributed by atoms with E-state index >= 15 is 0 Å². The van der Waals surface area contributed by atoms with Crippen LogP contribution in [0.3, 0.4) is 0 Å². The maximum atomic E-state index is 13.0. The van der Waals surface area contributed by atoms with Crippen molar-refractivity contribution in [1.82, 2.24) is 10.6 Å². The minimum atomic E-state index is -0.463. The quantitative estimate of drug-likeness (QED) is 0.548. The second-order valence-corrected chi connectivity index (χ2v) is 8.62. The van der Waals surface area contributed by atoms with Gasteiger partial charge in [-0.3, -0.25) is 9.59 Å². The third-order valence-corrected chi connectivity index (χ3v) is 6.31. The smallest absolute Gasteiger partial charge is 0.231 e. The van der Waals surface area contributed by atoms with Gasteiger partial charge in [-0.05, 0) is 54.7 Å². The Bertz CT molecular complexity index is 1130. The molecule has 3 aromatic rings. The summed E-state index contributed by atoms with van der Waals surface area (Å²) in [6.45, 7) is 0.221. The number of ether oxygens (including phenoxy) is 2. The average molecular weight is 447 g/mol. The number of carbonyl (C=O) groups is 2. The molecular weight excluding hydrogens is 420 g/mol. The number of fused-ring (bicyclic) bond motifs is 1. The minimum absolute atomic E-state index is 0.0221. The lowest BCUT2D eigenvalue weighted by molar-refractivity contribution is -0.123. The van der Waals surface area contributed by atoms with Crippen molar-refractivity contribution in [3.8, 4) is 11.5 Å². The lowest BCUT2D eigenvalue weighted by atomic mass is 9.84. The monoisotopic (exact) mass is 446 g/mol. The molecule has 3 heterocycles. The Kier molecular flexibility index (Phi) is 5.77. The summed E-state index contributed by atoms with van der Waals surface area (Å²) in [5.74, 6) is 2.06. The van der Waals surface area contributed by atoms with Gasteiger partial charge in [0.1, 0.15) is 11.8 Å². The zero-order valence-corrected chi connectivity index (χ0v) is 18.2. The van der Waals surface area contributed by atoms with Crippen molar-refractivity contribution in [3.63, 3.8) is 0 Å². The molecule has 2 atom stereocenters. The van der Waals surface area contributed by atoms with E-state index in [1.807, 2.05) is 60.7 Å². The van der Waals surface area contributed by atoms with Gasteiger partial charge in [-0.2, -0.15) is 0 Å². The zero-order valence-electron chi connectivity index (χ0n) is 18.2. The molecule has 1 aromatic heterocycles. The van der Waals surface area contributed by atoms with Crippen LogP contribution in [0.2, 0.25) is 0 Å². The lowest BCUT2D eigenvalue weighted by Gasteiger charge is -2.30. The Morgan fingerprint density at radius 3 is 2.67 bits per heavy atom. The van der Waals surface area contributed by atoms with E-state index < -0.39 is 5.54 Å². The van der Waals surface area contributed by atoms with Crippen molar-refractivity contribution in [3.05, 3.63) is 83.8 Å². The molecule has 2 N–H and O–H groups in total. The SMILES string of the molecule is O=C(CC[C@@]1(Cc2ccc3c(c2)OCO3)CCC(=O)N1)N[C@@H](c1ccccc1)c1ccco1. The first kappa shape index (κ1) is 21.1. The van der Waals surface area contributed by atoms with Crippen LogP contribution in [0.25, 0.3) is 0 Å². The van der Waals surface area contributed by atoms with Gasteiger partial charge in [-0.15, -0.1) is 0 Å². The summed E-state index contributed by atoms with van der Waals surface area (Å²) in [4.78, 5) is 25.1. The fourth-order valence-corrected chi connectivity index (χ4v) is 4.63. The van der Waals surface area contributed by atoms with E-state index in [1.54, 1.807) is 6.26 Å². The fourth-order valence-electron chi connectivity index (χ4n) is 4.63. The van der Waals surface area contributed by atoms with E-state index in [1.165, 1.54) is 0 Å². The van der Waals surface area contributed by atoms with Crippen molar-refractivity contribution in [2.45, 2.75) is 43.7 Å². The molecule has 2 amide bonds. The third-order valence-electron chi connectivity index (χ3n) is 6.31. The number of benzene rings is 2. The van der Waals surface area contributed by atoms with Gasteiger partial charge in [0.05, 0.1) is 6.26 Å². The van der Waals surface area contributed by atoms with Crippen LogP contribution in [-0.4, -0.2) is 24.1 Å². The molecule has 2 aliphatic rings. The Labute approximate surface area is 192 Å². The zero-order chi connectivity index (χ0) is 22.7. The predicted molar refractivity (Wildman–Crippen MR) is 121 cm³/mol. The number of carbonyl (C=O) groups excluding carboxylic acids is 2. The summed E-state index contributed by atoms with van der Waals surface area (Å²) >= 11 is 0. The number of rotatable bonds is 8. The molecule has 0 radical (unpaired) electrons. The first-order valence-electron chi connectivity index (χ1n) is 11.2. The van der Waals surface area contributed by atoms with Crippen molar-refractivity contribution < 1.29 is 23.5 Å². The van der Waals surface area contributed by atoms with E-state index in [0.717, 1.165) is 16.9 Å². The maximum Gasteiger partial charge on any atom is 0.231 e. The summed E-state index contributed by atoms with van der Waals surface area (Å²) in [6, 6.07) is 18.9. The van der Waals surface area contributed by atoms with Crippen LogP contribution in [0.1, 0.15) is 48.6 Å². The first-order chi connectivity index (χ1) is 16.1. The maximum absolute atomic E-state index is 13.0. The van der Waals surface area contributed by atoms with Crippen LogP contribution in [0.5, 0.6) is 11.5 Å².